The molecule has 0 saturated heterocycles. The van der Waals surface area contributed by atoms with Crippen molar-refractivity contribution in [3.8, 4) is 0 Å². The van der Waals surface area contributed by atoms with Crippen molar-refractivity contribution in [2.75, 3.05) is 4.90 Å². The van der Waals surface area contributed by atoms with E-state index in [1.807, 2.05) is 19.1 Å². The Morgan fingerprint density at radius 2 is 1.94 bits per heavy atom. The number of rotatable bonds is 8. The summed E-state index contributed by atoms with van der Waals surface area (Å²) in [5.74, 6) is -2.07. The third-order valence-corrected chi connectivity index (χ3v) is 6.46. The van der Waals surface area contributed by atoms with E-state index >= 15 is 0 Å². The summed E-state index contributed by atoms with van der Waals surface area (Å²) in [7, 11) is 0. The number of halogens is 1. The molecule has 9 nitrogen and oxygen atoms in total. The molecule has 1 N–H and O–H groups in total. The quantitative estimate of drug-likeness (QED) is 0.368. The van der Waals surface area contributed by atoms with E-state index < -0.39 is 35.2 Å². The van der Waals surface area contributed by atoms with Crippen LogP contribution in [0.5, 0.6) is 0 Å². The van der Waals surface area contributed by atoms with E-state index in [1.54, 1.807) is 18.2 Å². The van der Waals surface area contributed by atoms with Crippen molar-refractivity contribution in [3.05, 3.63) is 88.0 Å². The van der Waals surface area contributed by atoms with Crippen molar-refractivity contribution in [1.82, 2.24) is 14.9 Å². The van der Waals surface area contributed by atoms with Crippen molar-refractivity contribution in [3.63, 3.8) is 0 Å². The van der Waals surface area contributed by atoms with Crippen LogP contribution in [-0.4, -0.2) is 32.3 Å². The molecule has 4 rings (SSSR count). The summed E-state index contributed by atoms with van der Waals surface area (Å²) in [6, 6.07) is 11.5. The van der Waals surface area contributed by atoms with Crippen LogP contribution in [0.2, 0.25) is 0 Å². The van der Waals surface area contributed by atoms with Crippen molar-refractivity contribution >= 4 is 23.5 Å². The van der Waals surface area contributed by atoms with Gasteiger partial charge in [0.25, 0.3) is 5.91 Å². The zero-order chi connectivity index (χ0) is 25.7. The average molecular weight is 494 g/mol. The lowest BCUT2D eigenvalue weighted by Crippen LogP contribution is -2.48. The minimum absolute atomic E-state index is 0.0167. The second kappa shape index (κ2) is 11.1. The number of aryl methyl sites for hydroxylation is 1. The lowest BCUT2D eigenvalue weighted by molar-refractivity contribution is -0.396. The Kier molecular flexibility index (Phi) is 7.72. The highest BCUT2D eigenvalue weighted by molar-refractivity contribution is 6.01. The molecule has 0 bridgehead atoms. The molecule has 1 aliphatic rings. The maximum absolute atomic E-state index is 14.3. The second-order valence-corrected chi connectivity index (χ2v) is 8.96. The average Bonchev–Trinajstić information content (AvgIpc) is 3.32. The molecule has 188 valence electrons. The number of aromatic nitrogens is 2. The summed E-state index contributed by atoms with van der Waals surface area (Å²) < 4.78 is 15.4. The molecule has 1 atom stereocenters. The van der Waals surface area contributed by atoms with E-state index in [1.165, 1.54) is 35.5 Å². The number of carbonyl (C=O) groups is 2. The molecule has 2 aromatic carbocycles. The minimum atomic E-state index is -1.11. The van der Waals surface area contributed by atoms with Crippen LogP contribution in [0.1, 0.15) is 49.3 Å². The predicted molar refractivity (Wildman–Crippen MR) is 132 cm³/mol. The van der Waals surface area contributed by atoms with Crippen molar-refractivity contribution in [2.45, 2.75) is 57.7 Å². The highest BCUT2D eigenvalue weighted by atomic mass is 19.1. The van der Waals surface area contributed by atoms with Gasteiger partial charge in [-0.05, 0) is 54.0 Å². The molecule has 1 aliphatic carbocycles. The first-order chi connectivity index (χ1) is 17.3. The Hall–Kier alpha value is -4.08. The van der Waals surface area contributed by atoms with Gasteiger partial charge in [0.15, 0.2) is 6.54 Å². The van der Waals surface area contributed by atoms with Crippen LogP contribution in [0.15, 0.2) is 60.9 Å². The first-order valence-electron chi connectivity index (χ1n) is 11.9. The number of nitro groups is 1. The maximum Gasteiger partial charge on any atom is 0.435 e. The van der Waals surface area contributed by atoms with E-state index in [-0.39, 0.29) is 17.6 Å². The SMILES string of the molecule is Cc1ccccc1C(C(=O)NC1CCCCC1)N(C(=O)Cn1ccnc1[N+](=O)[O-])c1cccc(F)c1. The van der Waals surface area contributed by atoms with Crippen LogP contribution in [-0.2, 0) is 16.1 Å². The molecule has 0 spiro atoms. The predicted octanol–water partition coefficient (Wildman–Crippen LogP) is 4.46. The summed E-state index contributed by atoms with van der Waals surface area (Å²) in [6.07, 6.45) is 7.39. The molecule has 2 amide bonds. The molecular weight excluding hydrogens is 465 g/mol. The fourth-order valence-electron chi connectivity index (χ4n) is 4.70. The van der Waals surface area contributed by atoms with E-state index in [2.05, 4.69) is 10.3 Å². The van der Waals surface area contributed by atoms with Gasteiger partial charge in [-0.2, -0.15) is 0 Å². The van der Waals surface area contributed by atoms with Gasteiger partial charge in [-0.25, -0.2) is 8.96 Å². The number of hydrogen-bond acceptors (Lipinski definition) is 5. The second-order valence-electron chi connectivity index (χ2n) is 8.96. The van der Waals surface area contributed by atoms with Crippen molar-refractivity contribution in [2.24, 2.45) is 0 Å². The van der Waals surface area contributed by atoms with Gasteiger partial charge in [-0.3, -0.25) is 14.5 Å². The molecule has 36 heavy (non-hydrogen) atoms. The van der Waals surface area contributed by atoms with Gasteiger partial charge in [0.1, 0.15) is 24.3 Å². The minimum Gasteiger partial charge on any atom is -0.390 e. The Balaban J connectivity index is 1.78. The Morgan fingerprint density at radius 1 is 1.19 bits per heavy atom. The molecule has 3 aromatic rings. The standard InChI is InChI=1S/C26H28FN5O4/c1-18-8-5-6-13-22(18)24(25(34)29-20-10-3-2-4-11-20)31(21-12-7-9-19(27)16-21)23(33)17-30-15-14-28-26(30)32(35)36/h5-9,12-16,20,24H,2-4,10-11,17H2,1H3,(H,29,34). The highest BCUT2D eigenvalue weighted by Gasteiger charge is 2.36. The van der Waals surface area contributed by atoms with Gasteiger partial charge in [0, 0.05) is 11.7 Å². The first-order valence-corrected chi connectivity index (χ1v) is 11.9. The Labute approximate surface area is 208 Å². The van der Waals surface area contributed by atoms with Crippen LogP contribution in [0, 0.1) is 22.9 Å². The molecule has 1 saturated carbocycles. The number of hydrogen-bond donors (Lipinski definition) is 1. The first kappa shape index (κ1) is 25.0. The van der Waals surface area contributed by atoms with Gasteiger partial charge in [-0.15, -0.1) is 0 Å². The van der Waals surface area contributed by atoms with E-state index in [0.29, 0.717) is 5.56 Å². The highest BCUT2D eigenvalue weighted by Crippen LogP contribution is 2.32. The third-order valence-electron chi connectivity index (χ3n) is 6.46. The Bertz CT molecular complexity index is 1250. The number of nitrogens with one attached hydrogen (secondary N) is 1. The number of benzene rings is 2. The molecule has 1 aromatic heterocycles. The van der Waals surface area contributed by atoms with Crippen LogP contribution in [0.25, 0.3) is 0 Å². The van der Waals surface area contributed by atoms with Gasteiger partial charge >= 0.3 is 5.95 Å². The number of anilines is 1. The zero-order valence-corrected chi connectivity index (χ0v) is 20.0. The summed E-state index contributed by atoms with van der Waals surface area (Å²) in [4.78, 5) is 43.2. The van der Waals surface area contributed by atoms with Crippen LogP contribution < -0.4 is 10.2 Å². The monoisotopic (exact) mass is 493 g/mol. The zero-order valence-electron chi connectivity index (χ0n) is 20.0. The fourth-order valence-corrected chi connectivity index (χ4v) is 4.70. The maximum atomic E-state index is 14.3. The summed E-state index contributed by atoms with van der Waals surface area (Å²) in [5.41, 5.74) is 1.54. The molecule has 0 aliphatic heterocycles. The Morgan fingerprint density at radius 3 is 2.64 bits per heavy atom. The van der Waals surface area contributed by atoms with Gasteiger partial charge < -0.3 is 15.4 Å². The largest absolute Gasteiger partial charge is 0.435 e. The molecule has 1 fully saturated rings. The van der Waals surface area contributed by atoms with Crippen LogP contribution in [0.3, 0.4) is 0 Å². The summed E-state index contributed by atoms with van der Waals surface area (Å²) >= 11 is 0. The topological polar surface area (TPSA) is 110 Å². The molecule has 0 radical (unpaired) electrons. The van der Waals surface area contributed by atoms with E-state index in [4.69, 9.17) is 0 Å². The molecule has 10 heteroatoms. The number of nitrogens with zero attached hydrogens (tertiary/aromatic N) is 4. The van der Waals surface area contributed by atoms with Crippen LogP contribution >= 0.6 is 0 Å². The third kappa shape index (κ3) is 5.59. The molecule has 1 heterocycles. The number of amides is 2. The van der Waals surface area contributed by atoms with E-state index in [0.717, 1.165) is 42.2 Å². The smallest absolute Gasteiger partial charge is 0.390 e. The van der Waals surface area contributed by atoms with Crippen molar-refractivity contribution in [1.29, 1.82) is 0 Å². The van der Waals surface area contributed by atoms with Gasteiger partial charge in [0.05, 0.1) is 0 Å². The number of imidazole rings is 1. The van der Waals surface area contributed by atoms with Crippen LogP contribution in [0.4, 0.5) is 16.0 Å². The lowest BCUT2D eigenvalue weighted by atomic mass is 9.93. The lowest BCUT2D eigenvalue weighted by Gasteiger charge is -2.34. The van der Waals surface area contributed by atoms with Gasteiger partial charge in [-0.1, -0.05) is 54.6 Å². The van der Waals surface area contributed by atoms with Gasteiger partial charge in [0.2, 0.25) is 5.91 Å². The fraction of sp³-hybridized carbons (Fsp3) is 0.346. The number of carbonyl (C=O) groups excluding carboxylic acids is 2. The molecule has 1 unspecified atom stereocenters. The van der Waals surface area contributed by atoms with Crippen molar-refractivity contribution < 1.29 is 18.9 Å². The van der Waals surface area contributed by atoms with E-state index in [9.17, 15) is 24.1 Å². The summed E-state index contributed by atoms with van der Waals surface area (Å²) in [5, 5.41) is 14.5. The summed E-state index contributed by atoms with van der Waals surface area (Å²) in [6.45, 7) is 1.39. The molecular formula is C26H28FN5O4. The normalized spacial score (nSPS) is 14.7.